The SMILES string of the molecule is Cc1cccc2sc3ccc(Br)cc3c12. The molecule has 0 radical (unpaired) electrons. The van der Waals surface area contributed by atoms with E-state index < -0.39 is 0 Å². The molecule has 0 saturated heterocycles. The molecule has 0 aliphatic rings. The van der Waals surface area contributed by atoms with Crippen molar-refractivity contribution in [3.05, 3.63) is 46.4 Å². The van der Waals surface area contributed by atoms with Crippen LogP contribution in [0.4, 0.5) is 0 Å². The zero-order chi connectivity index (χ0) is 10.4. The summed E-state index contributed by atoms with van der Waals surface area (Å²) in [5.41, 5.74) is 1.36. The van der Waals surface area contributed by atoms with Crippen molar-refractivity contribution in [1.82, 2.24) is 0 Å². The van der Waals surface area contributed by atoms with Gasteiger partial charge in [0.05, 0.1) is 0 Å². The number of hydrogen-bond acceptors (Lipinski definition) is 1. The highest BCUT2D eigenvalue weighted by molar-refractivity contribution is 9.10. The maximum Gasteiger partial charge on any atom is 0.0358 e. The predicted octanol–water partition coefficient (Wildman–Crippen LogP) is 5.13. The molecule has 74 valence electrons. The van der Waals surface area contributed by atoms with Gasteiger partial charge in [0.2, 0.25) is 0 Å². The number of halogens is 1. The van der Waals surface area contributed by atoms with Gasteiger partial charge in [-0.2, -0.15) is 0 Å². The highest BCUT2D eigenvalue weighted by Crippen LogP contribution is 2.36. The minimum atomic E-state index is 1.15. The Hall–Kier alpha value is -0.860. The Kier molecular flexibility index (Phi) is 2.08. The van der Waals surface area contributed by atoms with Crippen LogP contribution >= 0.6 is 27.3 Å². The summed E-state index contributed by atoms with van der Waals surface area (Å²) in [5, 5.41) is 2.77. The molecule has 0 fully saturated rings. The Morgan fingerprint density at radius 2 is 1.93 bits per heavy atom. The summed E-state index contributed by atoms with van der Waals surface area (Å²) < 4.78 is 3.89. The number of rotatable bonds is 0. The van der Waals surface area contributed by atoms with E-state index in [1.807, 2.05) is 11.3 Å². The first-order valence-corrected chi connectivity index (χ1v) is 6.44. The molecule has 0 saturated carbocycles. The highest BCUT2D eigenvalue weighted by Gasteiger charge is 2.06. The molecule has 0 N–H and O–H groups in total. The third-order valence-corrected chi connectivity index (χ3v) is 4.29. The molecule has 3 rings (SSSR count). The van der Waals surface area contributed by atoms with Crippen molar-refractivity contribution < 1.29 is 0 Å². The van der Waals surface area contributed by atoms with Crippen molar-refractivity contribution in [3.63, 3.8) is 0 Å². The maximum absolute atomic E-state index is 3.53. The third-order valence-electron chi connectivity index (χ3n) is 2.67. The second kappa shape index (κ2) is 3.32. The van der Waals surface area contributed by atoms with Crippen LogP contribution in [0.25, 0.3) is 20.2 Å². The molecule has 0 atom stereocenters. The molecule has 0 nitrogen and oxygen atoms in total. The van der Waals surface area contributed by atoms with Crippen molar-refractivity contribution in [2.75, 3.05) is 0 Å². The quantitative estimate of drug-likeness (QED) is 0.534. The topological polar surface area (TPSA) is 0 Å². The molecule has 1 aromatic heterocycles. The van der Waals surface area contributed by atoms with Crippen molar-refractivity contribution in [2.45, 2.75) is 6.92 Å². The first-order valence-electron chi connectivity index (χ1n) is 4.83. The van der Waals surface area contributed by atoms with Gasteiger partial charge in [-0.25, -0.2) is 0 Å². The van der Waals surface area contributed by atoms with E-state index in [0.29, 0.717) is 0 Å². The van der Waals surface area contributed by atoms with E-state index in [0.717, 1.165) is 4.47 Å². The van der Waals surface area contributed by atoms with E-state index in [1.165, 1.54) is 25.7 Å². The lowest BCUT2D eigenvalue weighted by Gasteiger charge is -1.96. The fourth-order valence-electron chi connectivity index (χ4n) is 1.98. The number of hydrogen-bond donors (Lipinski definition) is 0. The Morgan fingerprint density at radius 3 is 2.80 bits per heavy atom. The van der Waals surface area contributed by atoms with Gasteiger partial charge in [0.1, 0.15) is 0 Å². The van der Waals surface area contributed by atoms with Crippen LogP contribution in [0.1, 0.15) is 5.56 Å². The van der Waals surface area contributed by atoms with E-state index >= 15 is 0 Å². The summed E-state index contributed by atoms with van der Waals surface area (Å²) >= 11 is 5.40. The van der Waals surface area contributed by atoms with Crippen LogP contribution in [0.3, 0.4) is 0 Å². The van der Waals surface area contributed by atoms with Gasteiger partial charge in [-0.05, 0) is 36.8 Å². The van der Waals surface area contributed by atoms with Crippen molar-refractivity contribution in [2.24, 2.45) is 0 Å². The maximum atomic E-state index is 3.53. The standard InChI is InChI=1S/C13H9BrS/c1-8-3-2-4-12-13(8)10-7-9(14)5-6-11(10)15-12/h2-7H,1H3. The molecule has 0 amide bonds. The van der Waals surface area contributed by atoms with Gasteiger partial charge in [-0.1, -0.05) is 28.1 Å². The summed E-state index contributed by atoms with van der Waals surface area (Å²) in [5.74, 6) is 0. The van der Waals surface area contributed by atoms with E-state index in [9.17, 15) is 0 Å². The highest BCUT2D eigenvalue weighted by atomic mass is 79.9. The van der Waals surface area contributed by atoms with E-state index in [-0.39, 0.29) is 0 Å². The molecule has 0 unspecified atom stereocenters. The van der Waals surface area contributed by atoms with Crippen LogP contribution in [0.2, 0.25) is 0 Å². The average molecular weight is 277 g/mol. The predicted molar refractivity (Wildman–Crippen MR) is 71.8 cm³/mol. The molecule has 0 aliphatic heterocycles. The largest absolute Gasteiger partial charge is 0.135 e. The molecule has 0 spiro atoms. The Labute approximate surface area is 101 Å². The average Bonchev–Trinajstić information content (AvgIpc) is 2.57. The first kappa shape index (κ1) is 9.37. The zero-order valence-corrected chi connectivity index (χ0v) is 10.7. The van der Waals surface area contributed by atoms with Gasteiger partial charge in [0, 0.05) is 24.6 Å². The Balaban J connectivity index is 2.61. The minimum Gasteiger partial charge on any atom is -0.135 e. The van der Waals surface area contributed by atoms with E-state index in [2.05, 4.69) is 59.3 Å². The van der Waals surface area contributed by atoms with Gasteiger partial charge in [-0.3, -0.25) is 0 Å². The molecule has 3 aromatic rings. The van der Waals surface area contributed by atoms with Gasteiger partial charge < -0.3 is 0 Å². The molecule has 2 aromatic carbocycles. The molecular formula is C13H9BrS. The lowest BCUT2D eigenvalue weighted by Crippen LogP contribution is -1.73. The molecule has 0 bridgehead atoms. The summed E-state index contributed by atoms with van der Waals surface area (Å²) in [6, 6.07) is 13.0. The number of benzene rings is 2. The lowest BCUT2D eigenvalue weighted by molar-refractivity contribution is 1.55. The monoisotopic (exact) mass is 276 g/mol. The van der Waals surface area contributed by atoms with Gasteiger partial charge in [0.15, 0.2) is 0 Å². The second-order valence-electron chi connectivity index (χ2n) is 3.69. The lowest BCUT2D eigenvalue weighted by atomic mass is 10.1. The van der Waals surface area contributed by atoms with Crippen molar-refractivity contribution in [1.29, 1.82) is 0 Å². The number of aryl methyl sites for hydroxylation is 1. The van der Waals surface area contributed by atoms with Crippen molar-refractivity contribution >= 4 is 47.4 Å². The molecule has 2 heteroatoms. The fourth-order valence-corrected chi connectivity index (χ4v) is 3.50. The van der Waals surface area contributed by atoms with Crippen LogP contribution < -0.4 is 0 Å². The third kappa shape index (κ3) is 1.40. The smallest absolute Gasteiger partial charge is 0.0358 e. The van der Waals surface area contributed by atoms with Gasteiger partial charge in [-0.15, -0.1) is 11.3 Å². The van der Waals surface area contributed by atoms with Gasteiger partial charge in [0.25, 0.3) is 0 Å². The normalized spacial score (nSPS) is 11.3. The van der Waals surface area contributed by atoms with Crippen LogP contribution in [-0.2, 0) is 0 Å². The summed E-state index contributed by atoms with van der Waals surface area (Å²) in [6.45, 7) is 2.18. The zero-order valence-electron chi connectivity index (χ0n) is 8.25. The molecule has 0 aliphatic carbocycles. The first-order chi connectivity index (χ1) is 7.25. The molecule has 15 heavy (non-hydrogen) atoms. The second-order valence-corrected chi connectivity index (χ2v) is 5.69. The van der Waals surface area contributed by atoms with Crippen LogP contribution in [0, 0.1) is 6.92 Å². The van der Waals surface area contributed by atoms with Crippen molar-refractivity contribution in [3.8, 4) is 0 Å². The Morgan fingerprint density at radius 1 is 1.07 bits per heavy atom. The van der Waals surface area contributed by atoms with Gasteiger partial charge >= 0.3 is 0 Å². The summed E-state index contributed by atoms with van der Waals surface area (Å²) in [7, 11) is 0. The van der Waals surface area contributed by atoms with Crippen LogP contribution in [-0.4, -0.2) is 0 Å². The van der Waals surface area contributed by atoms with E-state index in [1.54, 1.807) is 0 Å². The molecule has 1 heterocycles. The van der Waals surface area contributed by atoms with Crippen LogP contribution in [0.5, 0.6) is 0 Å². The van der Waals surface area contributed by atoms with Crippen LogP contribution in [0.15, 0.2) is 40.9 Å². The number of thiophene rings is 1. The van der Waals surface area contributed by atoms with E-state index in [4.69, 9.17) is 0 Å². The minimum absolute atomic E-state index is 1.15. The summed E-state index contributed by atoms with van der Waals surface area (Å²) in [6.07, 6.45) is 0. The Bertz CT molecular complexity index is 652. The number of fused-ring (bicyclic) bond motifs is 3. The molecular weight excluding hydrogens is 268 g/mol. The fraction of sp³-hybridized carbons (Fsp3) is 0.0769. The summed E-state index contributed by atoms with van der Waals surface area (Å²) in [4.78, 5) is 0.